The van der Waals surface area contributed by atoms with Gasteiger partial charge in [-0.25, -0.2) is 4.98 Å². The van der Waals surface area contributed by atoms with Crippen molar-refractivity contribution in [2.24, 2.45) is 11.3 Å². The first-order valence-corrected chi connectivity index (χ1v) is 6.91. The highest BCUT2D eigenvalue weighted by Crippen LogP contribution is 2.37. The molecule has 5 heteroatoms. The minimum Gasteiger partial charge on any atom is -0.476 e. The maximum Gasteiger partial charge on any atom is 0.242 e. The zero-order valence-electron chi connectivity index (χ0n) is 12.3. The van der Waals surface area contributed by atoms with Crippen LogP contribution in [0, 0.1) is 11.3 Å². The summed E-state index contributed by atoms with van der Waals surface area (Å²) in [6, 6.07) is 0. The number of ether oxygens (including phenoxy) is 1. The summed E-state index contributed by atoms with van der Waals surface area (Å²) in [5.41, 5.74) is 6.99. The van der Waals surface area contributed by atoms with Crippen molar-refractivity contribution in [3.8, 4) is 5.88 Å². The highest BCUT2D eigenvalue weighted by atomic mass is 16.5. The molecule has 0 spiro atoms. The molecule has 2 rings (SSSR count). The van der Waals surface area contributed by atoms with E-state index in [2.05, 4.69) is 35.6 Å². The van der Waals surface area contributed by atoms with Crippen molar-refractivity contribution in [2.45, 2.75) is 34.1 Å². The van der Waals surface area contributed by atoms with E-state index >= 15 is 0 Å². The standard InChI is InChI=1S/C14H24N4O/c1-5-19-13-11(15)12(16-9-17-13)18-7-6-10(8-18)14(2,3)4/h9-10H,5-8,15H2,1-4H3. The summed E-state index contributed by atoms with van der Waals surface area (Å²) < 4.78 is 5.43. The Morgan fingerprint density at radius 1 is 1.42 bits per heavy atom. The molecule has 0 saturated carbocycles. The van der Waals surface area contributed by atoms with Gasteiger partial charge >= 0.3 is 0 Å². The number of nitrogens with zero attached hydrogens (tertiary/aromatic N) is 3. The van der Waals surface area contributed by atoms with Crippen LogP contribution in [0.1, 0.15) is 34.1 Å². The van der Waals surface area contributed by atoms with Gasteiger partial charge in [0.25, 0.3) is 0 Å². The molecule has 0 radical (unpaired) electrons. The summed E-state index contributed by atoms with van der Waals surface area (Å²) in [7, 11) is 0. The number of aromatic nitrogens is 2. The Morgan fingerprint density at radius 2 is 2.16 bits per heavy atom. The molecule has 1 aromatic rings. The summed E-state index contributed by atoms with van der Waals surface area (Å²) in [5.74, 6) is 1.97. The average Bonchev–Trinajstić information content (AvgIpc) is 2.81. The predicted octanol–water partition coefficient (Wildman–Crippen LogP) is 2.33. The highest BCUT2D eigenvalue weighted by Gasteiger charge is 2.33. The fourth-order valence-corrected chi connectivity index (χ4v) is 2.53. The fourth-order valence-electron chi connectivity index (χ4n) is 2.53. The topological polar surface area (TPSA) is 64.3 Å². The number of hydrogen-bond donors (Lipinski definition) is 1. The van der Waals surface area contributed by atoms with E-state index in [4.69, 9.17) is 10.5 Å². The molecule has 5 nitrogen and oxygen atoms in total. The molecule has 1 aromatic heterocycles. The summed E-state index contributed by atoms with van der Waals surface area (Å²) >= 11 is 0. The lowest BCUT2D eigenvalue weighted by Gasteiger charge is -2.27. The second-order valence-electron chi connectivity index (χ2n) is 6.15. The molecule has 1 saturated heterocycles. The zero-order chi connectivity index (χ0) is 14.0. The lowest BCUT2D eigenvalue weighted by molar-refractivity contribution is 0.263. The van der Waals surface area contributed by atoms with Crippen LogP contribution in [0.4, 0.5) is 11.5 Å². The minimum absolute atomic E-state index is 0.319. The van der Waals surface area contributed by atoms with Crippen LogP contribution in [-0.2, 0) is 0 Å². The number of nitrogen functional groups attached to an aromatic ring is 1. The second-order valence-corrected chi connectivity index (χ2v) is 6.15. The maximum atomic E-state index is 6.11. The molecule has 1 unspecified atom stereocenters. The predicted molar refractivity (Wildman–Crippen MR) is 77.4 cm³/mol. The Hall–Kier alpha value is -1.52. The third kappa shape index (κ3) is 2.91. The van der Waals surface area contributed by atoms with Gasteiger partial charge in [0.2, 0.25) is 5.88 Å². The molecule has 1 fully saturated rings. The van der Waals surface area contributed by atoms with E-state index in [0.717, 1.165) is 18.9 Å². The molecule has 0 bridgehead atoms. The van der Waals surface area contributed by atoms with Crippen molar-refractivity contribution in [3.05, 3.63) is 6.33 Å². The molecular formula is C14H24N4O. The normalized spacial score (nSPS) is 19.8. The molecule has 1 atom stereocenters. The molecule has 1 aliphatic rings. The molecule has 106 valence electrons. The van der Waals surface area contributed by atoms with E-state index in [-0.39, 0.29) is 0 Å². The van der Waals surface area contributed by atoms with Gasteiger partial charge in [0, 0.05) is 13.1 Å². The minimum atomic E-state index is 0.319. The lowest BCUT2D eigenvalue weighted by Crippen LogP contribution is -2.27. The number of hydrogen-bond acceptors (Lipinski definition) is 5. The molecule has 0 aliphatic carbocycles. The van der Waals surface area contributed by atoms with E-state index in [1.54, 1.807) is 0 Å². The van der Waals surface area contributed by atoms with Gasteiger partial charge in [0.1, 0.15) is 12.0 Å². The fraction of sp³-hybridized carbons (Fsp3) is 0.714. The highest BCUT2D eigenvalue weighted by molar-refractivity contribution is 5.68. The SMILES string of the molecule is CCOc1ncnc(N2CCC(C(C)(C)C)C2)c1N. The monoisotopic (exact) mass is 264 g/mol. The van der Waals surface area contributed by atoms with Gasteiger partial charge in [0.15, 0.2) is 5.82 Å². The van der Waals surface area contributed by atoms with Gasteiger partial charge in [-0.2, -0.15) is 4.98 Å². The van der Waals surface area contributed by atoms with Crippen molar-refractivity contribution in [2.75, 3.05) is 30.3 Å². The quantitative estimate of drug-likeness (QED) is 0.907. The number of anilines is 2. The van der Waals surface area contributed by atoms with Crippen molar-refractivity contribution in [3.63, 3.8) is 0 Å². The van der Waals surface area contributed by atoms with Gasteiger partial charge in [0.05, 0.1) is 6.61 Å². The molecule has 2 N–H and O–H groups in total. The van der Waals surface area contributed by atoms with Gasteiger partial charge in [-0.15, -0.1) is 0 Å². The smallest absolute Gasteiger partial charge is 0.242 e. The Labute approximate surface area is 115 Å². The lowest BCUT2D eigenvalue weighted by atomic mass is 9.80. The molecule has 19 heavy (non-hydrogen) atoms. The summed E-state index contributed by atoms with van der Waals surface area (Å²) in [4.78, 5) is 10.7. The van der Waals surface area contributed by atoms with Crippen molar-refractivity contribution in [1.82, 2.24) is 9.97 Å². The van der Waals surface area contributed by atoms with Crippen molar-refractivity contribution < 1.29 is 4.74 Å². The van der Waals surface area contributed by atoms with Crippen LogP contribution < -0.4 is 15.4 Å². The first-order valence-electron chi connectivity index (χ1n) is 6.91. The van der Waals surface area contributed by atoms with E-state index < -0.39 is 0 Å². The molecular weight excluding hydrogens is 240 g/mol. The van der Waals surface area contributed by atoms with Gasteiger partial charge in [-0.1, -0.05) is 20.8 Å². The summed E-state index contributed by atoms with van der Waals surface area (Å²) in [5, 5.41) is 0. The van der Waals surface area contributed by atoms with E-state index in [0.29, 0.717) is 29.5 Å². The van der Waals surface area contributed by atoms with E-state index in [1.165, 1.54) is 12.7 Å². The van der Waals surface area contributed by atoms with Crippen LogP contribution in [0.15, 0.2) is 6.33 Å². The van der Waals surface area contributed by atoms with E-state index in [1.807, 2.05) is 6.92 Å². The first kappa shape index (κ1) is 13.9. The van der Waals surface area contributed by atoms with Crippen molar-refractivity contribution in [1.29, 1.82) is 0 Å². The van der Waals surface area contributed by atoms with Gasteiger partial charge in [-0.3, -0.25) is 0 Å². The maximum absolute atomic E-state index is 6.11. The molecule has 2 heterocycles. The largest absolute Gasteiger partial charge is 0.476 e. The number of nitrogens with two attached hydrogens (primary N) is 1. The average molecular weight is 264 g/mol. The molecule has 0 amide bonds. The second kappa shape index (κ2) is 5.23. The van der Waals surface area contributed by atoms with Crippen molar-refractivity contribution >= 4 is 11.5 Å². The van der Waals surface area contributed by atoms with Gasteiger partial charge < -0.3 is 15.4 Å². The summed E-state index contributed by atoms with van der Waals surface area (Å²) in [6.45, 7) is 11.3. The third-order valence-electron chi connectivity index (χ3n) is 3.82. The Morgan fingerprint density at radius 3 is 2.74 bits per heavy atom. The Balaban J connectivity index is 2.18. The zero-order valence-corrected chi connectivity index (χ0v) is 12.3. The third-order valence-corrected chi connectivity index (χ3v) is 3.82. The summed E-state index contributed by atoms with van der Waals surface area (Å²) in [6.07, 6.45) is 2.71. The Bertz CT molecular complexity index is 442. The van der Waals surface area contributed by atoms with Crippen LogP contribution >= 0.6 is 0 Å². The van der Waals surface area contributed by atoms with E-state index in [9.17, 15) is 0 Å². The van der Waals surface area contributed by atoms with Crippen LogP contribution in [0.3, 0.4) is 0 Å². The van der Waals surface area contributed by atoms with Gasteiger partial charge in [-0.05, 0) is 24.7 Å². The van der Waals surface area contributed by atoms with Crippen LogP contribution in [0.5, 0.6) is 5.88 Å². The molecule has 0 aromatic carbocycles. The van der Waals surface area contributed by atoms with Crippen LogP contribution in [0.2, 0.25) is 0 Å². The van der Waals surface area contributed by atoms with Crippen LogP contribution in [-0.4, -0.2) is 29.7 Å². The van der Waals surface area contributed by atoms with Crippen LogP contribution in [0.25, 0.3) is 0 Å². The Kier molecular flexibility index (Phi) is 3.83. The molecule has 1 aliphatic heterocycles. The number of rotatable bonds is 3. The first-order chi connectivity index (χ1) is 8.93.